The van der Waals surface area contributed by atoms with Crippen molar-refractivity contribution in [3.8, 4) is 0 Å². The first kappa shape index (κ1) is 16.3. The predicted octanol–water partition coefficient (Wildman–Crippen LogP) is 4.65. The van der Waals surface area contributed by atoms with Crippen LogP contribution < -0.4 is 4.90 Å². The molecular weight excluding hydrogens is 256 g/mol. The van der Waals surface area contributed by atoms with Gasteiger partial charge in [-0.3, -0.25) is 0 Å². The molecule has 1 aromatic rings. The Hall–Kier alpha value is -0.760. The molecule has 108 valence electrons. The van der Waals surface area contributed by atoms with Gasteiger partial charge in [0.15, 0.2) is 0 Å². The zero-order valence-corrected chi connectivity index (χ0v) is 13.5. The summed E-state index contributed by atoms with van der Waals surface area (Å²) in [6.45, 7) is 11.0. The second-order valence-corrected chi connectivity index (χ2v) is 5.53. The first-order valence-corrected chi connectivity index (χ1v) is 7.98. The van der Waals surface area contributed by atoms with Crippen LogP contribution >= 0.6 is 11.6 Å². The van der Waals surface area contributed by atoms with Crippen molar-refractivity contribution in [2.24, 2.45) is 5.92 Å². The van der Waals surface area contributed by atoms with Gasteiger partial charge in [0, 0.05) is 24.7 Å². The topological polar surface area (TPSA) is 16.1 Å². The van der Waals surface area contributed by atoms with Crippen LogP contribution in [0, 0.1) is 5.92 Å². The Bertz CT molecular complexity index is 379. The van der Waals surface area contributed by atoms with E-state index in [1.165, 1.54) is 17.7 Å². The first-order valence-electron chi connectivity index (χ1n) is 7.45. The molecule has 1 heterocycles. The summed E-state index contributed by atoms with van der Waals surface area (Å²) in [5.41, 5.74) is 2.34. The van der Waals surface area contributed by atoms with Crippen molar-refractivity contribution in [2.75, 3.05) is 18.0 Å². The van der Waals surface area contributed by atoms with Crippen LogP contribution in [0.4, 0.5) is 5.82 Å². The summed E-state index contributed by atoms with van der Waals surface area (Å²) >= 11 is 6.01. The second kappa shape index (κ2) is 8.42. The minimum Gasteiger partial charge on any atom is -0.357 e. The fourth-order valence-electron chi connectivity index (χ4n) is 2.15. The number of halogens is 1. The Kier molecular flexibility index (Phi) is 7.22. The maximum Gasteiger partial charge on any atom is 0.129 e. The van der Waals surface area contributed by atoms with Gasteiger partial charge in [-0.2, -0.15) is 0 Å². The lowest BCUT2D eigenvalue weighted by atomic mass is 10.1. The van der Waals surface area contributed by atoms with Gasteiger partial charge in [-0.1, -0.05) is 33.6 Å². The second-order valence-electron chi connectivity index (χ2n) is 5.26. The van der Waals surface area contributed by atoms with Gasteiger partial charge < -0.3 is 4.90 Å². The van der Waals surface area contributed by atoms with Crippen molar-refractivity contribution in [1.82, 2.24) is 4.98 Å². The monoisotopic (exact) mass is 282 g/mol. The summed E-state index contributed by atoms with van der Waals surface area (Å²) in [5.74, 6) is 2.34. The van der Waals surface area contributed by atoms with E-state index in [0.29, 0.717) is 11.8 Å². The molecule has 0 aliphatic carbocycles. The lowest BCUT2D eigenvalue weighted by molar-refractivity contribution is 0.545. The fraction of sp³-hybridized carbons (Fsp3) is 0.688. The van der Waals surface area contributed by atoms with E-state index in [1.807, 2.05) is 0 Å². The molecular formula is C16H27ClN2. The number of aryl methyl sites for hydroxylation is 1. The zero-order chi connectivity index (χ0) is 14.3. The van der Waals surface area contributed by atoms with Crippen LogP contribution in [-0.4, -0.2) is 18.1 Å². The number of hydrogen-bond acceptors (Lipinski definition) is 2. The van der Waals surface area contributed by atoms with Crippen LogP contribution in [0.2, 0.25) is 0 Å². The van der Waals surface area contributed by atoms with Gasteiger partial charge in [-0.05, 0) is 37.0 Å². The van der Waals surface area contributed by atoms with Crippen LogP contribution in [0.5, 0.6) is 0 Å². The Labute approximate surface area is 123 Å². The molecule has 0 aliphatic rings. The molecule has 1 aromatic heterocycles. The van der Waals surface area contributed by atoms with E-state index in [1.54, 1.807) is 0 Å². The molecule has 0 N–H and O–H groups in total. The van der Waals surface area contributed by atoms with Crippen LogP contribution in [0.25, 0.3) is 0 Å². The van der Waals surface area contributed by atoms with Gasteiger partial charge in [-0.25, -0.2) is 4.98 Å². The van der Waals surface area contributed by atoms with Crippen LogP contribution in [-0.2, 0) is 12.3 Å². The van der Waals surface area contributed by atoms with Gasteiger partial charge in [0.2, 0.25) is 0 Å². The van der Waals surface area contributed by atoms with Crippen LogP contribution in [0.15, 0.2) is 12.1 Å². The standard InChI is InChI=1S/C16H27ClN2/c1-5-8-15-9-14(11-17)10-16(18-15)19(7-3)12-13(4)6-2/h9-10,13H,5-8,11-12H2,1-4H3. The third-order valence-electron chi connectivity index (χ3n) is 3.52. The third-order valence-corrected chi connectivity index (χ3v) is 3.83. The van der Waals surface area contributed by atoms with E-state index >= 15 is 0 Å². The number of pyridine rings is 1. The lowest BCUT2D eigenvalue weighted by Gasteiger charge is -2.26. The number of alkyl halides is 1. The van der Waals surface area contributed by atoms with Crippen molar-refractivity contribution in [3.05, 3.63) is 23.4 Å². The first-order chi connectivity index (χ1) is 9.14. The molecule has 1 rings (SSSR count). The lowest BCUT2D eigenvalue weighted by Crippen LogP contribution is -2.29. The van der Waals surface area contributed by atoms with Crippen molar-refractivity contribution in [3.63, 3.8) is 0 Å². The van der Waals surface area contributed by atoms with E-state index < -0.39 is 0 Å². The molecule has 2 nitrogen and oxygen atoms in total. The summed E-state index contributed by atoms with van der Waals surface area (Å²) in [7, 11) is 0. The predicted molar refractivity (Wildman–Crippen MR) is 85.1 cm³/mol. The Morgan fingerprint density at radius 1 is 1.26 bits per heavy atom. The number of anilines is 1. The van der Waals surface area contributed by atoms with Crippen molar-refractivity contribution in [2.45, 2.75) is 52.8 Å². The Balaban J connectivity index is 2.97. The summed E-state index contributed by atoms with van der Waals surface area (Å²) in [6, 6.07) is 4.27. The molecule has 19 heavy (non-hydrogen) atoms. The summed E-state index contributed by atoms with van der Waals surface area (Å²) in [6.07, 6.45) is 3.35. The van der Waals surface area contributed by atoms with Gasteiger partial charge >= 0.3 is 0 Å². The smallest absolute Gasteiger partial charge is 0.129 e. The van der Waals surface area contributed by atoms with Crippen molar-refractivity contribution in [1.29, 1.82) is 0 Å². The molecule has 3 heteroatoms. The van der Waals surface area contributed by atoms with Crippen LogP contribution in [0.1, 0.15) is 51.8 Å². The molecule has 0 saturated heterocycles. The average Bonchev–Trinajstić information content (AvgIpc) is 2.44. The van der Waals surface area contributed by atoms with Gasteiger partial charge in [-0.15, -0.1) is 11.6 Å². The Morgan fingerprint density at radius 3 is 2.53 bits per heavy atom. The molecule has 1 unspecified atom stereocenters. The Morgan fingerprint density at radius 2 is 2.00 bits per heavy atom. The molecule has 1 atom stereocenters. The van der Waals surface area contributed by atoms with Crippen molar-refractivity contribution >= 4 is 17.4 Å². The highest BCUT2D eigenvalue weighted by molar-refractivity contribution is 6.17. The maximum absolute atomic E-state index is 6.01. The van der Waals surface area contributed by atoms with Crippen molar-refractivity contribution < 1.29 is 0 Å². The number of aromatic nitrogens is 1. The normalized spacial score (nSPS) is 12.5. The molecule has 0 bridgehead atoms. The highest BCUT2D eigenvalue weighted by Gasteiger charge is 2.11. The summed E-state index contributed by atoms with van der Waals surface area (Å²) in [5, 5.41) is 0. The molecule has 0 amide bonds. The average molecular weight is 283 g/mol. The molecule has 0 aromatic carbocycles. The number of hydrogen-bond donors (Lipinski definition) is 0. The fourth-order valence-corrected chi connectivity index (χ4v) is 2.30. The molecule has 0 radical (unpaired) electrons. The zero-order valence-electron chi connectivity index (χ0n) is 12.7. The molecule has 0 aliphatic heterocycles. The molecule has 0 saturated carbocycles. The molecule has 0 fully saturated rings. The van der Waals surface area contributed by atoms with E-state index in [2.05, 4.69) is 44.7 Å². The minimum atomic E-state index is 0.563. The third kappa shape index (κ3) is 5.02. The van der Waals surface area contributed by atoms with Gasteiger partial charge in [0.25, 0.3) is 0 Å². The highest BCUT2D eigenvalue weighted by atomic mass is 35.5. The van der Waals surface area contributed by atoms with Gasteiger partial charge in [0.05, 0.1) is 0 Å². The minimum absolute atomic E-state index is 0.563. The maximum atomic E-state index is 6.01. The van der Waals surface area contributed by atoms with Gasteiger partial charge in [0.1, 0.15) is 5.82 Å². The SMILES string of the molecule is CCCc1cc(CCl)cc(N(CC)CC(C)CC)n1. The van der Waals surface area contributed by atoms with E-state index in [9.17, 15) is 0 Å². The quantitative estimate of drug-likeness (QED) is 0.646. The van der Waals surface area contributed by atoms with E-state index in [-0.39, 0.29) is 0 Å². The van der Waals surface area contributed by atoms with Crippen LogP contribution in [0.3, 0.4) is 0 Å². The number of rotatable bonds is 8. The van der Waals surface area contributed by atoms with E-state index in [0.717, 1.165) is 31.7 Å². The summed E-state index contributed by atoms with van der Waals surface area (Å²) in [4.78, 5) is 7.16. The largest absolute Gasteiger partial charge is 0.357 e. The number of nitrogens with zero attached hydrogens (tertiary/aromatic N) is 2. The highest BCUT2D eigenvalue weighted by Crippen LogP contribution is 2.19. The van der Waals surface area contributed by atoms with E-state index in [4.69, 9.17) is 16.6 Å². The molecule has 0 spiro atoms. The summed E-state index contributed by atoms with van der Waals surface area (Å²) < 4.78 is 0.